The molecule has 2 aromatic rings. The lowest BCUT2D eigenvalue weighted by Crippen LogP contribution is -2.29. The first-order chi connectivity index (χ1) is 14.5. The van der Waals surface area contributed by atoms with Crippen molar-refractivity contribution < 1.29 is 19.1 Å². The van der Waals surface area contributed by atoms with Gasteiger partial charge in [-0.1, -0.05) is 65.9 Å². The third kappa shape index (κ3) is 5.93. The topological polar surface area (TPSA) is 55.8 Å². The van der Waals surface area contributed by atoms with Gasteiger partial charge in [0.1, 0.15) is 16.7 Å². The first kappa shape index (κ1) is 22.1. The molecule has 0 saturated carbocycles. The molecule has 30 heavy (non-hydrogen) atoms. The van der Waals surface area contributed by atoms with Gasteiger partial charge in [0.25, 0.3) is 5.91 Å². The van der Waals surface area contributed by atoms with Crippen molar-refractivity contribution in [1.29, 1.82) is 0 Å². The smallest absolute Gasteiger partial charge is 0.305 e. The molecule has 1 aliphatic heterocycles. The lowest BCUT2D eigenvalue weighted by molar-refractivity contribution is -0.141. The molecule has 5 nitrogen and oxygen atoms in total. The zero-order chi connectivity index (χ0) is 21.5. The van der Waals surface area contributed by atoms with Gasteiger partial charge in [-0.3, -0.25) is 14.5 Å². The Morgan fingerprint density at radius 2 is 1.97 bits per heavy atom. The van der Waals surface area contributed by atoms with E-state index in [-0.39, 0.29) is 18.3 Å². The van der Waals surface area contributed by atoms with Crippen molar-refractivity contribution >= 4 is 46.3 Å². The van der Waals surface area contributed by atoms with Crippen LogP contribution in [0.2, 0.25) is 0 Å². The van der Waals surface area contributed by atoms with Crippen LogP contribution in [0.25, 0.3) is 6.08 Å². The fourth-order valence-corrected chi connectivity index (χ4v) is 4.27. The van der Waals surface area contributed by atoms with Crippen LogP contribution < -0.4 is 4.74 Å². The van der Waals surface area contributed by atoms with Gasteiger partial charge in [0.2, 0.25) is 0 Å². The summed E-state index contributed by atoms with van der Waals surface area (Å²) in [7, 11) is 1.35. The van der Waals surface area contributed by atoms with Crippen molar-refractivity contribution in [2.45, 2.75) is 26.4 Å². The number of amides is 1. The number of hydrogen-bond donors (Lipinski definition) is 0. The number of aryl methyl sites for hydroxylation is 1. The number of ether oxygens (including phenoxy) is 2. The molecule has 0 aliphatic carbocycles. The average Bonchev–Trinajstić information content (AvgIpc) is 3.00. The van der Waals surface area contributed by atoms with Crippen LogP contribution in [0.3, 0.4) is 0 Å². The number of benzene rings is 2. The van der Waals surface area contributed by atoms with Crippen LogP contribution in [0.15, 0.2) is 53.4 Å². The van der Waals surface area contributed by atoms with E-state index in [1.165, 1.54) is 29.3 Å². The van der Waals surface area contributed by atoms with Gasteiger partial charge in [-0.2, -0.15) is 0 Å². The molecule has 7 heteroatoms. The molecule has 0 radical (unpaired) electrons. The summed E-state index contributed by atoms with van der Waals surface area (Å²) >= 11 is 6.60. The van der Waals surface area contributed by atoms with E-state index in [1.54, 1.807) is 0 Å². The molecule has 0 spiro atoms. The minimum Gasteiger partial charge on any atom is -0.489 e. The fraction of sp³-hybridized carbons (Fsp3) is 0.261. The summed E-state index contributed by atoms with van der Waals surface area (Å²) < 4.78 is 11.0. The summed E-state index contributed by atoms with van der Waals surface area (Å²) in [4.78, 5) is 26.0. The normalized spacial score (nSPS) is 15.0. The van der Waals surface area contributed by atoms with E-state index in [0.29, 0.717) is 28.8 Å². The monoisotopic (exact) mass is 441 g/mol. The quantitative estimate of drug-likeness (QED) is 0.335. The largest absolute Gasteiger partial charge is 0.489 e. The molecule has 1 saturated heterocycles. The van der Waals surface area contributed by atoms with Crippen molar-refractivity contribution in [2.75, 3.05) is 13.7 Å². The van der Waals surface area contributed by atoms with Gasteiger partial charge in [0, 0.05) is 13.0 Å². The zero-order valence-electron chi connectivity index (χ0n) is 16.9. The maximum Gasteiger partial charge on any atom is 0.305 e. The number of thioether (sulfide) groups is 1. The maximum absolute atomic E-state index is 12.6. The summed E-state index contributed by atoms with van der Waals surface area (Å²) in [5.41, 5.74) is 3.22. The lowest BCUT2D eigenvalue weighted by Gasteiger charge is -2.13. The summed E-state index contributed by atoms with van der Waals surface area (Å²) in [5.74, 6) is 0.347. The lowest BCUT2D eigenvalue weighted by atomic mass is 10.1. The molecule has 156 valence electrons. The van der Waals surface area contributed by atoms with Crippen LogP contribution >= 0.6 is 24.0 Å². The Morgan fingerprint density at radius 1 is 1.20 bits per heavy atom. The summed E-state index contributed by atoms with van der Waals surface area (Å²) in [6.45, 7) is 2.97. The van der Waals surface area contributed by atoms with E-state index in [0.717, 1.165) is 16.9 Å². The Balaban J connectivity index is 1.57. The average molecular weight is 442 g/mol. The number of hydrogen-bond acceptors (Lipinski definition) is 6. The predicted octanol–water partition coefficient (Wildman–Crippen LogP) is 4.73. The number of rotatable bonds is 8. The Kier molecular flexibility index (Phi) is 7.65. The highest BCUT2D eigenvalue weighted by molar-refractivity contribution is 8.26. The van der Waals surface area contributed by atoms with Crippen molar-refractivity contribution in [3.05, 3.63) is 70.1 Å². The van der Waals surface area contributed by atoms with Gasteiger partial charge >= 0.3 is 5.97 Å². The van der Waals surface area contributed by atoms with E-state index in [9.17, 15) is 9.59 Å². The van der Waals surface area contributed by atoms with Gasteiger partial charge in [-0.05, 0) is 42.7 Å². The van der Waals surface area contributed by atoms with Crippen LogP contribution in [-0.2, 0) is 20.9 Å². The number of nitrogens with zero attached hydrogens (tertiary/aromatic N) is 1. The summed E-state index contributed by atoms with van der Waals surface area (Å²) in [6.07, 6.45) is 2.60. The number of methoxy groups -OCH3 is 1. The minimum absolute atomic E-state index is 0.130. The number of carbonyl (C=O) groups excluding carboxylic acids is 2. The molecular formula is C23H23NO4S2. The van der Waals surface area contributed by atoms with Crippen molar-refractivity contribution in [1.82, 2.24) is 4.90 Å². The van der Waals surface area contributed by atoms with Crippen molar-refractivity contribution in [2.24, 2.45) is 0 Å². The van der Waals surface area contributed by atoms with Crippen molar-refractivity contribution in [3.63, 3.8) is 0 Å². The zero-order valence-corrected chi connectivity index (χ0v) is 18.6. The highest BCUT2D eigenvalue weighted by Crippen LogP contribution is 2.33. The second-order valence-corrected chi connectivity index (χ2v) is 8.54. The van der Waals surface area contributed by atoms with Crippen LogP contribution in [0.4, 0.5) is 0 Å². The Labute approximate surface area is 186 Å². The predicted molar refractivity (Wildman–Crippen MR) is 123 cm³/mol. The minimum atomic E-state index is -0.291. The Hall–Kier alpha value is -2.64. The van der Waals surface area contributed by atoms with Gasteiger partial charge in [-0.15, -0.1) is 0 Å². The fourth-order valence-electron chi connectivity index (χ4n) is 2.96. The first-order valence-corrected chi connectivity index (χ1v) is 10.8. The summed E-state index contributed by atoms with van der Waals surface area (Å²) in [6, 6.07) is 15.8. The molecule has 1 fully saturated rings. The van der Waals surface area contributed by atoms with Crippen LogP contribution in [0.5, 0.6) is 5.75 Å². The molecule has 0 unspecified atom stereocenters. The molecule has 0 aromatic heterocycles. The summed E-state index contributed by atoms with van der Waals surface area (Å²) in [5, 5.41) is 0. The molecule has 0 bridgehead atoms. The van der Waals surface area contributed by atoms with E-state index in [4.69, 9.17) is 17.0 Å². The van der Waals surface area contributed by atoms with Gasteiger partial charge < -0.3 is 9.47 Å². The third-order valence-electron chi connectivity index (χ3n) is 4.53. The SMILES string of the molecule is COC(=O)CCCN1C(=O)/C(=C\c2ccc(OCc3cccc(C)c3)cc2)SC1=S. The third-order valence-corrected chi connectivity index (χ3v) is 5.91. The van der Waals surface area contributed by atoms with Crippen LogP contribution in [-0.4, -0.2) is 34.8 Å². The number of thiocarbonyl (C=S) groups is 1. The maximum atomic E-state index is 12.6. The highest BCUT2D eigenvalue weighted by atomic mass is 32.2. The Bertz CT molecular complexity index is 969. The number of esters is 1. The Morgan fingerprint density at radius 3 is 2.67 bits per heavy atom. The molecule has 0 N–H and O–H groups in total. The van der Waals surface area contributed by atoms with Crippen molar-refractivity contribution in [3.8, 4) is 5.75 Å². The van der Waals surface area contributed by atoms with E-state index in [1.807, 2.05) is 42.5 Å². The molecule has 1 aliphatic rings. The standard InChI is InChI=1S/C23H23NO4S2/c1-16-5-3-6-18(13-16)15-28-19-10-8-17(9-11-19)14-20-22(26)24(23(29)30-20)12-4-7-21(25)27-2/h3,5-6,8-11,13-14H,4,7,12,15H2,1-2H3/b20-14+. The molecule has 3 rings (SSSR count). The van der Waals surface area contributed by atoms with E-state index in [2.05, 4.69) is 23.8 Å². The van der Waals surface area contributed by atoms with Crippen LogP contribution in [0, 0.1) is 6.92 Å². The molecule has 1 heterocycles. The van der Waals surface area contributed by atoms with Gasteiger partial charge in [0.15, 0.2) is 0 Å². The second kappa shape index (κ2) is 10.4. The number of carbonyl (C=O) groups is 2. The van der Waals surface area contributed by atoms with E-state index >= 15 is 0 Å². The van der Waals surface area contributed by atoms with Gasteiger partial charge in [-0.25, -0.2) is 0 Å². The first-order valence-electron chi connectivity index (χ1n) is 9.57. The van der Waals surface area contributed by atoms with Gasteiger partial charge in [0.05, 0.1) is 12.0 Å². The molecule has 1 amide bonds. The molecular weight excluding hydrogens is 418 g/mol. The van der Waals surface area contributed by atoms with E-state index < -0.39 is 0 Å². The molecule has 2 aromatic carbocycles. The van der Waals surface area contributed by atoms with Crippen LogP contribution in [0.1, 0.15) is 29.5 Å². The second-order valence-electron chi connectivity index (χ2n) is 6.86. The highest BCUT2D eigenvalue weighted by Gasteiger charge is 2.31. The molecule has 0 atom stereocenters.